The zero-order chi connectivity index (χ0) is 17.6. The lowest BCUT2D eigenvalue weighted by Crippen LogP contribution is -2.24. The number of hydrazone groups is 1. The smallest absolute Gasteiger partial charge is 0.191 e. The van der Waals surface area contributed by atoms with E-state index in [2.05, 4.69) is 20.8 Å². The van der Waals surface area contributed by atoms with Gasteiger partial charge in [-0.2, -0.15) is 5.10 Å². The van der Waals surface area contributed by atoms with Gasteiger partial charge in [-0.25, -0.2) is 4.98 Å². The second kappa shape index (κ2) is 7.72. The zero-order valence-corrected chi connectivity index (χ0v) is 14.8. The van der Waals surface area contributed by atoms with Crippen LogP contribution in [0.4, 0.5) is 5.69 Å². The van der Waals surface area contributed by atoms with Gasteiger partial charge < -0.3 is 10.1 Å². The Labute approximate surface area is 151 Å². The highest BCUT2D eigenvalue weighted by Gasteiger charge is 2.04. The molecule has 3 rings (SSSR count). The van der Waals surface area contributed by atoms with E-state index < -0.39 is 0 Å². The molecule has 0 radical (unpaired) electrons. The van der Waals surface area contributed by atoms with Crippen molar-refractivity contribution in [3.63, 3.8) is 0 Å². The standard InChI is InChI=1S/C19H18N4OS/c1-13-7-10-18(24-2)17(11-13)22-19(25)23-20-12-15-9-8-14-5-3-4-6-16(14)21-15/h3-12H,1-2H3,(H2,22,23,25)/b20-12+. The number of methoxy groups -OCH3 is 1. The number of nitrogens with one attached hydrogen (secondary N) is 2. The van der Waals surface area contributed by atoms with Crippen LogP contribution in [0.25, 0.3) is 10.9 Å². The summed E-state index contributed by atoms with van der Waals surface area (Å²) in [6, 6.07) is 17.7. The van der Waals surface area contributed by atoms with Crippen molar-refractivity contribution in [2.24, 2.45) is 5.10 Å². The molecule has 2 N–H and O–H groups in total. The van der Waals surface area contributed by atoms with Crippen LogP contribution in [0.2, 0.25) is 0 Å². The fourth-order valence-corrected chi connectivity index (χ4v) is 2.54. The number of nitrogens with zero attached hydrogens (tertiary/aromatic N) is 2. The van der Waals surface area contributed by atoms with Gasteiger partial charge in [-0.3, -0.25) is 5.43 Å². The van der Waals surface area contributed by atoms with Crippen molar-refractivity contribution < 1.29 is 4.74 Å². The monoisotopic (exact) mass is 350 g/mol. The molecule has 3 aromatic rings. The maximum absolute atomic E-state index is 5.32. The van der Waals surface area contributed by atoms with E-state index in [9.17, 15) is 0 Å². The van der Waals surface area contributed by atoms with Gasteiger partial charge in [0.2, 0.25) is 0 Å². The molecule has 126 valence electrons. The van der Waals surface area contributed by atoms with Gasteiger partial charge in [-0.05, 0) is 49.0 Å². The topological polar surface area (TPSA) is 58.5 Å². The second-order valence-electron chi connectivity index (χ2n) is 5.46. The molecule has 0 saturated carbocycles. The number of hydrogen-bond acceptors (Lipinski definition) is 4. The highest BCUT2D eigenvalue weighted by Crippen LogP contribution is 2.24. The first kappa shape index (κ1) is 16.9. The summed E-state index contributed by atoms with van der Waals surface area (Å²) in [4.78, 5) is 4.52. The van der Waals surface area contributed by atoms with E-state index in [4.69, 9.17) is 17.0 Å². The summed E-state index contributed by atoms with van der Waals surface area (Å²) in [5, 5.41) is 8.69. The lowest BCUT2D eigenvalue weighted by molar-refractivity contribution is 0.417. The maximum atomic E-state index is 5.32. The maximum Gasteiger partial charge on any atom is 0.191 e. The molecule has 0 aliphatic heterocycles. The Morgan fingerprint density at radius 1 is 1.16 bits per heavy atom. The average molecular weight is 350 g/mol. The Bertz CT molecular complexity index is 940. The number of anilines is 1. The van der Waals surface area contributed by atoms with Gasteiger partial charge >= 0.3 is 0 Å². The highest BCUT2D eigenvalue weighted by atomic mass is 32.1. The van der Waals surface area contributed by atoms with E-state index >= 15 is 0 Å². The minimum Gasteiger partial charge on any atom is -0.495 e. The van der Waals surface area contributed by atoms with E-state index in [-0.39, 0.29) is 0 Å². The molecule has 5 nitrogen and oxygen atoms in total. The summed E-state index contributed by atoms with van der Waals surface area (Å²) in [7, 11) is 1.62. The Morgan fingerprint density at radius 3 is 2.84 bits per heavy atom. The molecule has 0 spiro atoms. The summed E-state index contributed by atoms with van der Waals surface area (Å²) in [6.45, 7) is 2.00. The molecule has 6 heteroatoms. The van der Waals surface area contributed by atoms with Gasteiger partial charge in [0.05, 0.1) is 30.2 Å². The molecule has 0 unspecified atom stereocenters. The first-order valence-electron chi connectivity index (χ1n) is 7.76. The van der Waals surface area contributed by atoms with Gasteiger partial charge in [-0.1, -0.05) is 30.3 Å². The molecule has 1 heterocycles. The van der Waals surface area contributed by atoms with Crippen LogP contribution in [0, 0.1) is 6.92 Å². The largest absolute Gasteiger partial charge is 0.495 e. The predicted molar refractivity (Wildman–Crippen MR) is 106 cm³/mol. The summed E-state index contributed by atoms with van der Waals surface area (Å²) in [6.07, 6.45) is 1.63. The normalized spacial score (nSPS) is 10.8. The molecule has 0 atom stereocenters. The first-order chi connectivity index (χ1) is 12.2. The van der Waals surface area contributed by atoms with E-state index in [0.29, 0.717) is 5.11 Å². The number of pyridine rings is 1. The molecule has 0 saturated heterocycles. The fraction of sp³-hybridized carbons (Fsp3) is 0.105. The van der Waals surface area contributed by atoms with Crippen molar-refractivity contribution in [2.45, 2.75) is 6.92 Å². The van der Waals surface area contributed by atoms with Gasteiger partial charge in [0, 0.05) is 5.39 Å². The van der Waals surface area contributed by atoms with Gasteiger partial charge in [-0.15, -0.1) is 0 Å². The van der Waals surface area contributed by atoms with Crippen LogP contribution in [-0.2, 0) is 0 Å². The van der Waals surface area contributed by atoms with Crippen molar-refractivity contribution >= 4 is 40.1 Å². The molecular formula is C19H18N4OS. The van der Waals surface area contributed by atoms with Crippen molar-refractivity contribution in [1.82, 2.24) is 10.4 Å². The molecule has 0 amide bonds. The van der Waals surface area contributed by atoms with Crippen LogP contribution < -0.4 is 15.5 Å². The summed E-state index contributed by atoms with van der Waals surface area (Å²) in [5.74, 6) is 0.718. The van der Waals surface area contributed by atoms with Crippen LogP contribution in [0.5, 0.6) is 5.75 Å². The molecule has 0 fully saturated rings. The number of aromatic nitrogens is 1. The SMILES string of the molecule is COc1ccc(C)cc1NC(=S)N/N=C/c1ccc2ccccc2n1. The highest BCUT2D eigenvalue weighted by molar-refractivity contribution is 7.80. The van der Waals surface area contributed by atoms with E-state index in [0.717, 1.165) is 33.6 Å². The molecule has 0 aliphatic rings. The zero-order valence-electron chi connectivity index (χ0n) is 14.0. The lowest BCUT2D eigenvalue weighted by atomic mass is 10.2. The number of thiocarbonyl (C=S) groups is 1. The van der Waals surface area contributed by atoms with Crippen LogP contribution >= 0.6 is 12.2 Å². The van der Waals surface area contributed by atoms with E-state index in [1.165, 1.54) is 0 Å². The van der Waals surface area contributed by atoms with Gasteiger partial charge in [0.25, 0.3) is 0 Å². The quantitative estimate of drug-likeness (QED) is 0.425. The van der Waals surface area contributed by atoms with Crippen LogP contribution in [0.1, 0.15) is 11.3 Å². The first-order valence-corrected chi connectivity index (χ1v) is 8.17. The molecule has 0 bridgehead atoms. The number of para-hydroxylation sites is 1. The van der Waals surface area contributed by atoms with Crippen LogP contribution in [0.15, 0.2) is 59.7 Å². The summed E-state index contributed by atoms with van der Waals surface area (Å²) in [5.41, 5.74) is 6.37. The van der Waals surface area contributed by atoms with Crippen LogP contribution in [-0.4, -0.2) is 23.4 Å². The third kappa shape index (κ3) is 4.30. The van der Waals surface area contributed by atoms with Gasteiger partial charge in [0.1, 0.15) is 5.75 Å². The average Bonchev–Trinajstić information content (AvgIpc) is 2.62. The number of ether oxygens (including phenoxy) is 1. The molecule has 1 aromatic heterocycles. The number of fused-ring (bicyclic) bond motifs is 1. The Hall–Kier alpha value is -2.99. The van der Waals surface area contributed by atoms with Crippen molar-refractivity contribution in [3.8, 4) is 5.75 Å². The minimum atomic E-state index is 0.376. The number of benzene rings is 2. The third-order valence-electron chi connectivity index (χ3n) is 3.59. The number of hydrogen-bond donors (Lipinski definition) is 2. The Kier molecular flexibility index (Phi) is 5.20. The molecule has 25 heavy (non-hydrogen) atoms. The molecule has 0 aliphatic carbocycles. The van der Waals surface area contributed by atoms with Crippen molar-refractivity contribution in [2.75, 3.05) is 12.4 Å². The number of rotatable bonds is 4. The fourth-order valence-electron chi connectivity index (χ4n) is 2.38. The van der Waals surface area contributed by atoms with E-state index in [1.807, 2.05) is 61.5 Å². The third-order valence-corrected chi connectivity index (χ3v) is 3.78. The predicted octanol–water partition coefficient (Wildman–Crippen LogP) is 3.87. The van der Waals surface area contributed by atoms with Crippen LogP contribution in [0.3, 0.4) is 0 Å². The molecule has 2 aromatic carbocycles. The Balaban J connectivity index is 1.65. The molecular weight excluding hydrogens is 332 g/mol. The van der Waals surface area contributed by atoms with Crippen molar-refractivity contribution in [1.29, 1.82) is 0 Å². The van der Waals surface area contributed by atoms with Gasteiger partial charge in [0.15, 0.2) is 5.11 Å². The number of aryl methyl sites for hydroxylation is 1. The van der Waals surface area contributed by atoms with E-state index in [1.54, 1.807) is 13.3 Å². The second-order valence-corrected chi connectivity index (χ2v) is 5.86. The summed E-state index contributed by atoms with van der Waals surface area (Å²) < 4.78 is 5.32. The Morgan fingerprint density at radius 2 is 2.00 bits per heavy atom. The minimum absolute atomic E-state index is 0.376. The summed E-state index contributed by atoms with van der Waals surface area (Å²) >= 11 is 5.27. The van der Waals surface area contributed by atoms with Crippen molar-refractivity contribution in [3.05, 3.63) is 65.9 Å². The lowest BCUT2D eigenvalue weighted by Gasteiger charge is -2.12.